The molecule has 0 aliphatic heterocycles. The molecule has 0 fully saturated rings. The summed E-state index contributed by atoms with van der Waals surface area (Å²) in [6, 6.07) is 4.22. The number of aryl methyl sites for hydroxylation is 1. The number of carbonyl (C=O) groups excluding carboxylic acids is 1. The van der Waals surface area contributed by atoms with Gasteiger partial charge in [-0.15, -0.1) is 0 Å². The van der Waals surface area contributed by atoms with Gasteiger partial charge in [0.1, 0.15) is 11.5 Å². The maximum Gasteiger partial charge on any atom is 0.270 e. The first kappa shape index (κ1) is 17.6. The van der Waals surface area contributed by atoms with E-state index in [0.717, 1.165) is 18.2 Å². The first-order chi connectivity index (χ1) is 11.3. The van der Waals surface area contributed by atoms with Gasteiger partial charge in [-0.05, 0) is 30.5 Å². The first-order valence-electron chi connectivity index (χ1n) is 7.28. The average molecular weight is 337 g/mol. The number of aromatic amines is 1. The lowest BCUT2D eigenvalue weighted by atomic mass is 9.95. The fourth-order valence-corrected chi connectivity index (χ4v) is 2.32. The van der Waals surface area contributed by atoms with E-state index in [1.807, 2.05) is 13.8 Å². The van der Waals surface area contributed by atoms with Gasteiger partial charge in [0.05, 0.1) is 6.04 Å². The normalized spacial score (nSPS) is 12.1. The van der Waals surface area contributed by atoms with Crippen molar-refractivity contribution in [3.63, 3.8) is 0 Å². The number of benzene rings is 1. The minimum absolute atomic E-state index is 0.0360. The predicted molar refractivity (Wildman–Crippen MR) is 82.8 cm³/mol. The van der Waals surface area contributed by atoms with Crippen molar-refractivity contribution in [2.45, 2.75) is 26.8 Å². The molecule has 2 rings (SSSR count). The number of nitrogens with one attached hydrogen (secondary N) is 2. The maximum absolute atomic E-state index is 13.7. The van der Waals surface area contributed by atoms with Gasteiger partial charge in [0.25, 0.3) is 11.5 Å². The monoisotopic (exact) mass is 337 g/mol. The Balaban J connectivity index is 2.30. The van der Waals surface area contributed by atoms with Gasteiger partial charge in [0.2, 0.25) is 5.75 Å². The second-order valence-electron chi connectivity index (χ2n) is 5.68. The van der Waals surface area contributed by atoms with E-state index in [-0.39, 0.29) is 11.6 Å². The van der Waals surface area contributed by atoms with Gasteiger partial charge >= 0.3 is 0 Å². The van der Waals surface area contributed by atoms with Crippen LogP contribution in [0.4, 0.5) is 8.92 Å². The fraction of sp³-hybridized carbons (Fsp3) is 0.312. The molecule has 1 amide bonds. The largest absolute Gasteiger partial charge is 0.344 e. The summed E-state index contributed by atoms with van der Waals surface area (Å²) in [6.45, 7) is 5.22. The van der Waals surface area contributed by atoms with Gasteiger partial charge in [-0.1, -0.05) is 19.9 Å². The molecule has 2 aromatic rings. The second-order valence-corrected chi connectivity index (χ2v) is 5.68. The predicted octanol–water partition coefficient (Wildman–Crippen LogP) is 2.61. The van der Waals surface area contributed by atoms with Crippen LogP contribution in [0.1, 0.15) is 41.8 Å². The molecule has 0 bridgehead atoms. The third-order valence-corrected chi connectivity index (χ3v) is 3.44. The Morgan fingerprint density at radius 3 is 2.58 bits per heavy atom. The van der Waals surface area contributed by atoms with Crippen LogP contribution in [0.3, 0.4) is 0 Å². The van der Waals surface area contributed by atoms with Crippen molar-refractivity contribution >= 4 is 5.91 Å². The third-order valence-electron chi connectivity index (χ3n) is 3.44. The molecule has 0 saturated heterocycles. The molecule has 24 heavy (non-hydrogen) atoms. The SMILES string of the molecule is Cc1nc(C(=O)N[C@@H](c2ccc(OF)c(F)c2)C(C)C)cc(=O)[nH]1. The minimum Gasteiger partial charge on any atom is -0.344 e. The molecule has 0 aliphatic carbocycles. The van der Waals surface area contributed by atoms with Crippen molar-refractivity contribution in [1.29, 1.82) is 0 Å². The Kier molecular flexibility index (Phi) is 5.28. The Labute approximate surface area is 136 Å². The quantitative estimate of drug-likeness (QED) is 0.878. The van der Waals surface area contributed by atoms with Crippen LogP contribution in [0.25, 0.3) is 0 Å². The molecule has 0 unspecified atom stereocenters. The van der Waals surface area contributed by atoms with E-state index < -0.39 is 29.1 Å². The Bertz CT molecular complexity index is 805. The van der Waals surface area contributed by atoms with Gasteiger partial charge in [0, 0.05) is 10.6 Å². The number of carbonyl (C=O) groups is 1. The molecular weight excluding hydrogens is 320 g/mol. The molecule has 2 N–H and O–H groups in total. The number of halogens is 2. The fourth-order valence-electron chi connectivity index (χ4n) is 2.32. The van der Waals surface area contributed by atoms with Crippen molar-refractivity contribution in [2.24, 2.45) is 5.92 Å². The van der Waals surface area contributed by atoms with Crippen LogP contribution in [0.5, 0.6) is 5.75 Å². The van der Waals surface area contributed by atoms with Crippen LogP contribution in [0.15, 0.2) is 29.1 Å². The number of aromatic nitrogens is 2. The van der Waals surface area contributed by atoms with Gasteiger partial charge in [0.15, 0.2) is 5.82 Å². The molecule has 8 heteroatoms. The Morgan fingerprint density at radius 2 is 2.04 bits per heavy atom. The summed E-state index contributed by atoms with van der Waals surface area (Å²) < 4.78 is 25.8. The summed E-state index contributed by atoms with van der Waals surface area (Å²) in [5, 5.41) is 2.71. The lowest BCUT2D eigenvalue weighted by Gasteiger charge is -2.23. The van der Waals surface area contributed by atoms with Crippen LogP contribution in [-0.2, 0) is 0 Å². The van der Waals surface area contributed by atoms with E-state index in [4.69, 9.17) is 0 Å². The average Bonchev–Trinajstić information content (AvgIpc) is 2.51. The minimum atomic E-state index is -0.875. The van der Waals surface area contributed by atoms with Crippen molar-refractivity contribution in [3.8, 4) is 5.75 Å². The standard InChI is InChI=1S/C16H17F2N3O3/c1-8(2)15(10-4-5-13(24-18)11(17)6-10)21-16(23)12-7-14(22)20-9(3)19-12/h4-8,15H,1-3H3,(H,21,23)(H,19,20,22)/t15-/m1/s1. The summed E-state index contributed by atoms with van der Waals surface area (Å²) in [4.78, 5) is 33.6. The number of hydrogen-bond acceptors (Lipinski definition) is 4. The zero-order valence-corrected chi connectivity index (χ0v) is 13.4. The summed E-state index contributed by atoms with van der Waals surface area (Å²) in [7, 11) is 0. The van der Waals surface area contributed by atoms with Crippen LogP contribution in [0.2, 0.25) is 0 Å². The van der Waals surface area contributed by atoms with E-state index >= 15 is 0 Å². The van der Waals surface area contributed by atoms with Crippen LogP contribution in [-0.4, -0.2) is 15.9 Å². The Hall–Kier alpha value is -2.77. The van der Waals surface area contributed by atoms with Crippen LogP contribution < -0.4 is 15.8 Å². The molecule has 1 aromatic carbocycles. The molecule has 1 heterocycles. The maximum atomic E-state index is 13.7. The van der Waals surface area contributed by atoms with Crippen molar-refractivity contribution in [3.05, 3.63) is 57.5 Å². The zero-order valence-electron chi connectivity index (χ0n) is 13.4. The number of hydrogen-bond donors (Lipinski definition) is 2. The highest BCUT2D eigenvalue weighted by molar-refractivity contribution is 5.92. The highest BCUT2D eigenvalue weighted by atomic mass is 19.3. The van der Waals surface area contributed by atoms with Crippen molar-refractivity contribution in [2.75, 3.05) is 0 Å². The molecule has 0 radical (unpaired) electrons. The lowest BCUT2D eigenvalue weighted by molar-refractivity contribution is -0.0107. The van der Waals surface area contributed by atoms with Crippen LogP contribution >= 0.6 is 0 Å². The first-order valence-corrected chi connectivity index (χ1v) is 7.28. The third kappa shape index (κ3) is 3.95. The molecule has 1 aromatic heterocycles. The van der Waals surface area contributed by atoms with E-state index in [2.05, 4.69) is 20.2 Å². The van der Waals surface area contributed by atoms with Gasteiger partial charge in [-0.3, -0.25) is 14.5 Å². The van der Waals surface area contributed by atoms with Crippen molar-refractivity contribution < 1.29 is 18.7 Å². The molecule has 0 aliphatic rings. The molecule has 0 spiro atoms. The summed E-state index contributed by atoms with van der Waals surface area (Å²) in [5.41, 5.74) is -0.0338. The number of rotatable bonds is 5. The van der Waals surface area contributed by atoms with Gasteiger partial charge in [-0.25, -0.2) is 9.37 Å². The number of amides is 1. The van der Waals surface area contributed by atoms with E-state index in [1.54, 1.807) is 6.92 Å². The number of nitrogens with zero attached hydrogens (tertiary/aromatic N) is 1. The topological polar surface area (TPSA) is 84.1 Å². The van der Waals surface area contributed by atoms with Crippen molar-refractivity contribution in [1.82, 2.24) is 15.3 Å². The van der Waals surface area contributed by atoms with Gasteiger partial charge in [-0.2, -0.15) is 0 Å². The summed E-state index contributed by atoms with van der Waals surface area (Å²) >= 11 is 0. The summed E-state index contributed by atoms with van der Waals surface area (Å²) in [5.74, 6) is -1.74. The molecule has 128 valence electrons. The van der Waals surface area contributed by atoms with E-state index in [9.17, 15) is 18.5 Å². The Morgan fingerprint density at radius 1 is 1.33 bits per heavy atom. The molecular formula is C16H17F2N3O3. The second kappa shape index (κ2) is 7.20. The van der Waals surface area contributed by atoms with Gasteiger partial charge < -0.3 is 10.3 Å². The molecule has 0 saturated carbocycles. The smallest absolute Gasteiger partial charge is 0.270 e. The number of H-pyrrole nitrogens is 1. The summed E-state index contributed by atoms with van der Waals surface area (Å²) in [6.07, 6.45) is 0. The zero-order chi connectivity index (χ0) is 17.9. The highest BCUT2D eigenvalue weighted by Crippen LogP contribution is 2.26. The molecule has 6 nitrogen and oxygen atoms in total. The highest BCUT2D eigenvalue weighted by Gasteiger charge is 2.22. The lowest BCUT2D eigenvalue weighted by Crippen LogP contribution is -2.33. The van der Waals surface area contributed by atoms with Crippen LogP contribution in [0, 0.1) is 18.7 Å². The molecule has 1 atom stereocenters. The van der Waals surface area contributed by atoms with E-state index in [0.29, 0.717) is 11.4 Å². The van der Waals surface area contributed by atoms with E-state index in [1.165, 1.54) is 6.07 Å².